The van der Waals surface area contributed by atoms with E-state index < -0.39 is 0 Å². The molecule has 2 heteroatoms. The van der Waals surface area contributed by atoms with Crippen LogP contribution in [0.2, 0.25) is 0 Å². The Hall–Kier alpha value is -0.530. The molecule has 0 N–H and O–H groups in total. The zero-order valence-electron chi connectivity index (χ0n) is 13.7. The van der Waals surface area contributed by atoms with Gasteiger partial charge < -0.3 is 4.74 Å². The van der Waals surface area contributed by atoms with Crippen LogP contribution >= 0.6 is 0 Å². The summed E-state index contributed by atoms with van der Waals surface area (Å²) in [7, 11) is 0. The van der Waals surface area contributed by atoms with Crippen LogP contribution in [-0.4, -0.2) is 12.1 Å². The highest BCUT2D eigenvalue weighted by molar-refractivity contribution is 5.69. The molecule has 1 fully saturated rings. The highest BCUT2D eigenvalue weighted by Crippen LogP contribution is 2.27. The summed E-state index contributed by atoms with van der Waals surface area (Å²) < 4.78 is 5.63. The predicted octanol–water partition coefficient (Wildman–Crippen LogP) is 5.64. The summed E-state index contributed by atoms with van der Waals surface area (Å²) in [4.78, 5) is 11.8. The molecule has 1 unspecified atom stereocenters. The fraction of sp³-hybridized carbons (Fsp3) is 0.944. The van der Waals surface area contributed by atoms with Gasteiger partial charge in [0.05, 0.1) is 0 Å². The Labute approximate surface area is 125 Å². The van der Waals surface area contributed by atoms with E-state index in [4.69, 9.17) is 4.74 Å². The topological polar surface area (TPSA) is 26.3 Å². The van der Waals surface area contributed by atoms with Gasteiger partial charge in [0, 0.05) is 6.42 Å². The molecule has 0 aromatic heterocycles. The molecule has 0 aromatic carbocycles. The van der Waals surface area contributed by atoms with Crippen molar-refractivity contribution in [3.8, 4) is 0 Å². The van der Waals surface area contributed by atoms with Gasteiger partial charge in [-0.3, -0.25) is 4.79 Å². The molecule has 0 aliphatic heterocycles. The average Bonchev–Trinajstić information content (AvgIpc) is 2.71. The van der Waals surface area contributed by atoms with Crippen molar-refractivity contribution in [3.63, 3.8) is 0 Å². The summed E-state index contributed by atoms with van der Waals surface area (Å²) in [5.41, 5.74) is 0. The number of ether oxygens (including phenoxy) is 1. The lowest BCUT2D eigenvalue weighted by molar-refractivity contribution is -0.151. The second-order valence-corrected chi connectivity index (χ2v) is 6.46. The summed E-state index contributed by atoms with van der Waals surface area (Å²) in [6.45, 7) is 4.32. The summed E-state index contributed by atoms with van der Waals surface area (Å²) in [6.07, 6.45) is 15.9. The fourth-order valence-electron chi connectivity index (χ4n) is 3.19. The number of unbranched alkanes of at least 4 members (excludes halogenated alkanes) is 5. The van der Waals surface area contributed by atoms with Crippen LogP contribution in [0.15, 0.2) is 0 Å². The van der Waals surface area contributed by atoms with E-state index in [2.05, 4.69) is 13.8 Å². The average molecular weight is 282 g/mol. The van der Waals surface area contributed by atoms with E-state index >= 15 is 0 Å². The van der Waals surface area contributed by atoms with E-state index in [1.54, 1.807) is 0 Å². The quantitative estimate of drug-likeness (QED) is 0.311. The third-order valence-corrected chi connectivity index (χ3v) is 4.62. The third kappa shape index (κ3) is 7.91. The maximum absolute atomic E-state index is 11.8. The van der Waals surface area contributed by atoms with Gasteiger partial charge in [0.1, 0.15) is 6.10 Å². The maximum atomic E-state index is 11.8. The van der Waals surface area contributed by atoms with Crippen molar-refractivity contribution >= 4 is 5.97 Å². The molecular formula is C18H34O2. The lowest BCUT2D eigenvalue weighted by atomic mass is 9.95. The van der Waals surface area contributed by atoms with Crippen LogP contribution in [0, 0.1) is 5.92 Å². The van der Waals surface area contributed by atoms with Gasteiger partial charge in [-0.1, -0.05) is 64.7 Å². The molecule has 1 saturated carbocycles. The SMILES string of the molecule is CCCCCCCCC(=O)OC(C)C1CCCCCC1. The van der Waals surface area contributed by atoms with Crippen LogP contribution in [-0.2, 0) is 9.53 Å². The number of carbonyl (C=O) groups excluding carboxylic acids is 1. The lowest BCUT2D eigenvalue weighted by Gasteiger charge is -2.22. The highest BCUT2D eigenvalue weighted by Gasteiger charge is 2.21. The van der Waals surface area contributed by atoms with E-state index in [0.717, 1.165) is 6.42 Å². The minimum Gasteiger partial charge on any atom is -0.462 e. The van der Waals surface area contributed by atoms with Crippen LogP contribution in [0.1, 0.15) is 97.3 Å². The Bertz CT molecular complexity index is 242. The van der Waals surface area contributed by atoms with Crippen LogP contribution in [0.5, 0.6) is 0 Å². The minimum atomic E-state index is 0.0252. The van der Waals surface area contributed by atoms with Gasteiger partial charge in [0.2, 0.25) is 0 Å². The molecule has 0 amide bonds. The standard InChI is InChI=1S/C18H34O2/c1-3-4-5-6-7-12-15-18(19)20-16(2)17-13-10-8-9-11-14-17/h16-17H,3-15H2,1-2H3. The number of hydrogen-bond acceptors (Lipinski definition) is 2. The zero-order valence-corrected chi connectivity index (χ0v) is 13.7. The fourth-order valence-corrected chi connectivity index (χ4v) is 3.19. The van der Waals surface area contributed by atoms with Crippen LogP contribution in [0.3, 0.4) is 0 Å². The number of hydrogen-bond donors (Lipinski definition) is 0. The Morgan fingerprint density at radius 1 is 1.00 bits per heavy atom. The van der Waals surface area contributed by atoms with Crippen molar-refractivity contribution in [2.45, 2.75) is 103 Å². The van der Waals surface area contributed by atoms with Crippen LogP contribution < -0.4 is 0 Å². The summed E-state index contributed by atoms with van der Waals surface area (Å²) in [5, 5.41) is 0. The molecule has 1 aliphatic rings. The van der Waals surface area contributed by atoms with E-state index in [1.807, 2.05) is 0 Å². The molecular weight excluding hydrogens is 248 g/mol. The molecule has 0 saturated heterocycles. The maximum Gasteiger partial charge on any atom is 0.306 e. The minimum absolute atomic E-state index is 0.0252. The second-order valence-electron chi connectivity index (χ2n) is 6.46. The molecule has 118 valence electrons. The van der Waals surface area contributed by atoms with Crippen LogP contribution in [0.4, 0.5) is 0 Å². The normalized spacial score (nSPS) is 18.5. The van der Waals surface area contributed by atoms with Crippen molar-refractivity contribution in [2.24, 2.45) is 5.92 Å². The Morgan fingerprint density at radius 2 is 1.60 bits per heavy atom. The Balaban J connectivity index is 2.08. The predicted molar refractivity (Wildman–Crippen MR) is 84.7 cm³/mol. The van der Waals surface area contributed by atoms with E-state index in [1.165, 1.54) is 70.6 Å². The van der Waals surface area contributed by atoms with Crippen molar-refractivity contribution in [1.29, 1.82) is 0 Å². The first-order valence-corrected chi connectivity index (χ1v) is 8.93. The molecule has 20 heavy (non-hydrogen) atoms. The van der Waals surface area contributed by atoms with Gasteiger partial charge in [-0.15, -0.1) is 0 Å². The number of rotatable bonds is 9. The lowest BCUT2D eigenvalue weighted by Crippen LogP contribution is -2.23. The molecule has 0 spiro atoms. The molecule has 0 bridgehead atoms. The molecule has 1 aliphatic carbocycles. The van der Waals surface area contributed by atoms with Crippen molar-refractivity contribution in [1.82, 2.24) is 0 Å². The van der Waals surface area contributed by atoms with Gasteiger partial charge in [-0.05, 0) is 32.1 Å². The van der Waals surface area contributed by atoms with E-state index in [0.29, 0.717) is 12.3 Å². The van der Waals surface area contributed by atoms with Gasteiger partial charge in [0.15, 0.2) is 0 Å². The summed E-state index contributed by atoms with van der Waals surface area (Å²) in [6, 6.07) is 0. The Morgan fingerprint density at radius 3 is 2.25 bits per heavy atom. The summed E-state index contributed by atoms with van der Waals surface area (Å²) >= 11 is 0. The first kappa shape index (κ1) is 17.5. The molecule has 2 nitrogen and oxygen atoms in total. The molecule has 0 aromatic rings. The first-order chi connectivity index (χ1) is 9.74. The first-order valence-electron chi connectivity index (χ1n) is 8.93. The van der Waals surface area contributed by atoms with Gasteiger partial charge >= 0.3 is 5.97 Å². The van der Waals surface area contributed by atoms with Gasteiger partial charge in [-0.25, -0.2) is 0 Å². The molecule has 1 atom stereocenters. The second kappa shape index (κ2) is 11.2. The van der Waals surface area contributed by atoms with Gasteiger partial charge in [-0.2, -0.15) is 0 Å². The van der Waals surface area contributed by atoms with Crippen LogP contribution in [0.25, 0.3) is 0 Å². The van der Waals surface area contributed by atoms with Gasteiger partial charge in [0.25, 0.3) is 0 Å². The third-order valence-electron chi connectivity index (χ3n) is 4.62. The number of esters is 1. The monoisotopic (exact) mass is 282 g/mol. The molecule has 0 radical (unpaired) electrons. The molecule has 1 rings (SSSR count). The van der Waals surface area contributed by atoms with E-state index in [9.17, 15) is 4.79 Å². The highest BCUT2D eigenvalue weighted by atomic mass is 16.5. The smallest absolute Gasteiger partial charge is 0.306 e. The van der Waals surface area contributed by atoms with Crippen molar-refractivity contribution < 1.29 is 9.53 Å². The molecule has 0 heterocycles. The van der Waals surface area contributed by atoms with Crippen molar-refractivity contribution in [3.05, 3.63) is 0 Å². The number of carbonyl (C=O) groups is 1. The zero-order chi connectivity index (χ0) is 14.6. The largest absolute Gasteiger partial charge is 0.462 e. The van der Waals surface area contributed by atoms with Crippen molar-refractivity contribution in [2.75, 3.05) is 0 Å². The Kier molecular flexibility index (Phi) is 9.78. The van der Waals surface area contributed by atoms with E-state index in [-0.39, 0.29) is 12.1 Å². The summed E-state index contributed by atoms with van der Waals surface area (Å²) in [5.74, 6) is 0.628.